The summed E-state index contributed by atoms with van der Waals surface area (Å²) in [7, 11) is 0. The third-order valence-electron chi connectivity index (χ3n) is 4.21. The SMILES string of the molecule is CCONC(=O)c1csc(CSc2nnc(-c3ccco3)n2-c2cc(Cl)ccc2C)n1. The van der Waals surface area contributed by atoms with Crippen LogP contribution in [0.25, 0.3) is 17.3 Å². The fourth-order valence-electron chi connectivity index (χ4n) is 2.77. The molecule has 0 saturated carbocycles. The number of halogens is 1. The van der Waals surface area contributed by atoms with Gasteiger partial charge in [0.2, 0.25) is 5.82 Å². The molecule has 0 aliphatic rings. The highest BCUT2D eigenvalue weighted by molar-refractivity contribution is 7.98. The first kappa shape index (κ1) is 21.6. The lowest BCUT2D eigenvalue weighted by Gasteiger charge is -2.12. The molecule has 8 nitrogen and oxygen atoms in total. The molecule has 0 fully saturated rings. The van der Waals surface area contributed by atoms with Crippen LogP contribution in [0.5, 0.6) is 0 Å². The Balaban J connectivity index is 1.62. The number of rotatable bonds is 8. The van der Waals surface area contributed by atoms with Gasteiger partial charge < -0.3 is 4.42 Å². The predicted octanol–water partition coefficient (Wildman–Crippen LogP) is 4.92. The number of aryl methyl sites for hydroxylation is 1. The van der Waals surface area contributed by atoms with Gasteiger partial charge in [-0.25, -0.2) is 10.5 Å². The van der Waals surface area contributed by atoms with E-state index < -0.39 is 0 Å². The van der Waals surface area contributed by atoms with Crippen LogP contribution in [-0.2, 0) is 10.6 Å². The van der Waals surface area contributed by atoms with Crippen molar-refractivity contribution in [3.8, 4) is 17.3 Å². The number of hydrogen-bond donors (Lipinski definition) is 1. The summed E-state index contributed by atoms with van der Waals surface area (Å²) < 4.78 is 7.48. The van der Waals surface area contributed by atoms with Crippen molar-refractivity contribution in [2.45, 2.75) is 24.8 Å². The summed E-state index contributed by atoms with van der Waals surface area (Å²) in [5.74, 6) is 1.33. The first-order chi connectivity index (χ1) is 15.1. The van der Waals surface area contributed by atoms with E-state index in [9.17, 15) is 4.79 Å². The van der Waals surface area contributed by atoms with E-state index in [1.165, 1.54) is 23.1 Å². The maximum atomic E-state index is 12.0. The van der Waals surface area contributed by atoms with E-state index in [-0.39, 0.29) is 5.91 Å². The highest BCUT2D eigenvalue weighted by Gasteiger charge is 2.20. The van der Waals surface area contributed by atoms with Gasteiger partial charge in [0.15, 0.2) is 10.9 Å². The van der Waals surface area contributed by atoms with Crippen LogP contribution in [-0.4, -0.2) is 32.3 Å². The normalized spacial score (nSPS) is 11.1. The molecule has 1 amide bonds. The van der Waals surface area contributed by atoms with Crippen molar-refractivity contribution < 1.29 is 14.0 Å². The number of hydroxylamine groups is 1. The van der Waals surface area contributed by atoms with E-state index in [1.54, 1.807) is 24.6 Å². The van der Waals surface area contributed by atoms with Gasteiger partial charge in [-0.05, 0) is 43.7 Å². The zero-order valence-corrected chi connectivity index (χ0v) is 19.1. The van der Waals surface area contributed by atoms with Crippen LogP contribution in [0, 0.1) is 6.92 Å². The van der Waals surface area contributed by atoms with Crippen molar-refractivity contribution >= 4 is 40.6 Å². The molecule has 0 radical (unpaired) electrons. The minimum atomic E-state index is -0.368. The van der Waals surface area contributed by atoms with Gasteiger partial charge in [0, 0.05) is 10.4 Å². The number of benzene rings is 1. The molecular weight excluding hydrogens is 458 g/mol. The summed E-state index contributed by atoms with van der Waals surface area (Å²) in [5, 5.41) is 12.5. The fourth-order valence-corrected chi connectivity index (χ4v) is 4.67. The van der Waals surface area contributed by atoms with Crippen molar-refractivity contribution in [1.29, 1.82) is 0 Å². The Morgan fingerprint density at radius 1 is 1.35 bits per heavy atom. The van der Waals surface area contributed by atoms with Gasteiger partial charge in [0.1, 0.15) is 10.7 Å². The average molecular weight is 476 g/mol. The summed E-state index contributed by atoms with van der Waals surface area (Å²) >= 11 is 9.12. The molecule has 0 atom stereocenters. The third kappa shape index (κ3) is 4.82. The predicted molar refractivity (Wildman–Crippen MR) is 120 cm³/mol. The van der Waals surface area contributed by atoms with E-state index in [4.69, 9.17) is 20.9 Å². The summed E-state index contributed by atoms with van der Waals surface area (Å²) in [5.41, 5.74) is 4.54. The molecule has 1 aromatic carbocycles. The highest BCUT2D eigenvalue weighted by Crippen LogP contribution is 2.32. The van der Waals surface area contributed by atoms with E-state index in [2.05, 4.69) is 20.7 Å². The Kier molecular flexibility index (Phi) is 6.71. The van der Waals surface area contributed by atoms with Gasteiger partial charge in [-0.2, -0.15) is 0 Å². The Labute approximate surface area is 191 Å². The number of nitrogens with one attached hydrogen (secondary N) is 1. The van der Waals surface area contributed by atoms with E-state index in [1.807, 2.05) is 35.8 Å². The van der Waals surface area contributed by atoms with Crippen LogP contribution >= 0.6 is 34.7 Å². The molecule has 4 rings (SSSR count). The number of amides is 1. The number of furan rings is 1. The van der Waals surface area contributed by atoms with Gasteiger partial charge in [-0.1, -0.05) is 29.4 Å². The summed E-state index contributed by atoms with van der Waals surface area (Å²) in [6.45, 7) is 4.17. The fraction of sp³-hybridized carbons (Fsp3) is 0.200. The molecule has 1 N–H and O–H groups in total. The van der Waals surface area contributed by atoms with Crippen LogP contribution in [0.15, 0.2) is 51.5 Å². The zero-order valence-electron chi connectivity index (χ0n) is 16.7. The second kappa shape index (κ2) is 9.65. The smallest absolute Gasteiger partial charge is 0.294 e. The van der Waals surface area contributed by atoms with Gasteiger partial charge >= 0.3 is 0 Å². The number of thiazole rings is 1. The monoisotopic (exact) mass is 475 g/mol. The molecule has 4 aromatic rings. The number of nitrogens with zero attached hydrogens (tertiary/aromatic N) is 4. The maximum Gasteiger partial charge on any atom is 0.294 e. The summed E-state index contributed by atoms with van der Waals surface area (Å²) in [6.07, 6.45) is 1.59. The zero-order chi connectivity index (χ0) is 21.8. The molecule has 31 heavy (non-hydrogen) atoms. The topological polar surface area (TPSA) is 95.1 Å². The van der Waals surface area contributed by atoms with Crippen LogP contribution in [0.3, 0.4) is 0 Å². The number of carbonyl (C=O) groups excluding carboxylic acids is 1. The molecule has 0 unspecified atom stereocenters. The van der Waals surface area contributed by atoms with Gasteiger partial charge in [-0.3, -0.25) is 14.2 Å². The standard InChI is InChI=1S/C20H18ClN5O3S2/c1-3-29-25-19(27)14-10-30-17(22-14)11-31-20-24-23-18(16-5-4-8-28-16)26(20)15-9-13(21)7-6-12(15)2/h4-10H,3,11H2,1-2H3,(H,25,27). The summed E-state index contributed by atoms with van der Waals surface area (Å²) in [4.78, 5) is 21.3. The van der Waals surface area contributed by atoms with Crippen molar-refractivity contribution in [2.75, 3.05) is 6.61 Å². The quantitative estimate of drug-likeness (QED) is 0.285. The molecule has 0 saturated heterocycles. The molecule has 0 aliphatic heterocycles. The Morgan fingerprint density at radius 2 is 2.23 bits per heavy atom. The molecular formula is C20H18ClN5O3S2. The molecule has 11 heteroatoms. The van der Waals surface area contributed by atoms with E-state index in [0.717, 1.165) is 16.3 Å². The number of aromatic nitrogens is 4. The van der Waals surface area contributed by atoms with Crippen molar-refractivity contribution in [3.05, 3.63) is 63.3 Å². The van der Waals surface area contributed by atoms with Crippen LogP contribution < -0.4 is 5.48 Å². The summed E-state index contributed by atoms with van der Waals surface area (Å²) in [6, 6.07) is 9.29. The average Bonchev–Trinajstić information content (AvgIpc) is 3.52. The second-order valence-corrected chi connectivity index (χ2v) is 8.65. The van der Waals surface area contributed by atoms with E-state index in [0.29, 0.717) is 39.8 Å². The first-order valence-corrected chi connectivity index (χ1v) is 11.6. The number of thioether (sulfide) groups is 1. The lowest BCUT2D eigenvalue weighted by atomic mass is 10.2. The Bertz CT molecular complexity index is 1190. The second-order valence-electron chi connectivity index (χ2n) is 6.33. The van der Waals surface area contributed by atoms with Crippen molar-refractivity contribution in [3.63, 3.8) is 0 Å². The van der Waals surface area contributed by atoms with Crippen LogP contribution in [0.4, 0.5) is 0 Å². The lowest BCUT2D eigenvalue weighted by Crippen LogP contribution is -2.23. The third-order valence-corrected chi connectivity index (χ3v) is 6.41. The molecule has 3 aromatic heterocycles. The molecule has 160 valence electrons. The van der Waals surface area contributed by atoms with Crippen LogP contribution in [0.2, 0.25) is 5.02 Å². The number of carbonyl (C=O) groups is 1. The lowest BCUT2D eigenvalue weighted by molar-refractivity contribution is 0.0360. The van der Waals surface area contributed by atoms with Gasteiger partial charge in [0.25, 0.3) is 5.91 Å². The number of hydrogen-bond acceptors (Lipinski definition) is 8. The molecule has 0 bridgehead atoms. The Morgan fingerprint density at radius 3 is 3.00 bits per heavy atom. The minimum absolute atomic E-state index is 0.317. The highest BCUT2D eigenvalue weighted by atomic mass is 35.5. The largest absolute Gasteiger partial charge is 0.461 e. The van der Waals surface area contributed by atoms with E-state index >= 15 is 0 Å². The Hall–Kier alpha value is -2.66. The minimum Gasteiger partial charge on any atom is -0.461 e. The first-order valence-electron chi connectivity index (χ1n) is 9.32. The van der Waals surface area contributed by atoms with Crippen LogP contribution in [0.1, 0.15) is 28.0 Å². The van der Waals surface area contributed by atoms with Gasteiger partial charge in [-0.15, -0.1) is 21.5 Å². The maximum absolute atomic E-state index is 12.0. The van der Waals surface area contributed by atoms with Gasteiger partial charge in [0.05, 0.1) is 24.3 Å². The molecule has 0 spiro atoms. The molecule has 3 heterocycles. The molecule has 0 aliphatic carbocycles. The van der Waals surface area contributed by atoms with Crippen molar-refractivity contribution in [2.24, 2.45) is 0 Å². The van der Waals surface area contributed by atoms with Crippen molar-refractivity contribution in [1.82, 2.24) is 25.2 Å².